The molecule has 4 aromatic heterocycles. The van der Waals surface area contributed by atoms with Crippen molar-refractivity contribution in [2.24, 2.45) is 0 Å². The number of imidazole rings is 4. The second-order valence-electron chi connectivity index (χ2n) is 8.63. The molecule has 4 aromatic rings. The lowest BCUT2D eigenvalue weighted by molar-refractivity contribution is -0.693. The largest absolute Gasteiger partial charge is 0.748 e. The Bertz CT molecular complexity index is 1840. The van der Waals surface area contributed by atoms with Crippen LogP contribution in [-0.4, -0.2) is 103 Å². The number of aryl methyl sites for hydroxylation is 2. The molecule has 0 atom stereocenters. The fourth-order valence-electron chi connectivity index (χ4n) is 2.40. The standard InChI is InChI=1S/C11H16N4O.C7H6N4O.C2H3F3O2S.CHF3O3S.CH3I.CH4O3S.CH4/c1-3-12-5-7-14(9-12)11(16)15-8-6-13(4-2)10-15;12-7(10-3-1-8-5-10)11-4-2-9-6-11;1-8(6,7)2(3,4)5;2-1(3,4)8(5,6)7;1-2;1-5(2,3)4;/h5-10H,3-4H2,1-2H3;1-6H;1H3;(H,5,6,7);1H3;1H3,(H,2,3,4);1H4/q+2;;;;;;/p-2/i;;;;1D;;. The van der Waals surface area contributed by atoms with Gasteiger partial charge >= 0.3 is 23.1 Å². The highest BCUT2D eigenvalue weighted by Crippen LogP contribution is 2.21. The summed E-state index contributed by atoms with van der Waals surface area (Å²) in [6.45, 7) is 5.80. The van der Waals surface area contributed by atoms with Crippen LogP contribution in [0.3, 0.4) is 0 Å². The summed E-state index contributed by atoms with van der Waals surface area (Å²) >= 11 is 1.96. The molecule has 0 aliphatic rings. The highest BCUT2D eigenvalue weighted by atomic mass is 127. The molecule has 18 nitrogen and oxygen atoms in total. The van der Waals surface area contributed by atoms with Crippen molar-refractivity contribution in [2.75, 3.05) is 17.4 Å². The van der Waals surface area contributed by atoms with Crippen LogP contribution in [0.15, 0.2) is 74.9 Å². The van der Waals surface area contributed by atoms with Crippen molar-refractivity contribution in [3.8, 4) is 0 Å². The van der Waals surface area contributed by atoms with E-state index < -0.39 is 41.1 Å². The van der Waals surface area contributed by atoms with Crippen molar-refractivity contribution < 1.29 is 80.8 Å². The first kappa shape index (κ1) is 50.4. The maximum Gasteiger partial charge on any atom is 0.513 e. The van der Waals surface area contributed by atoms with Gasteiger partial charge in [-0.1, -0.05) is 30.0 Å². The summed E-state index contributed by atoms with van der Waals surface area (Å²) in [7, 11) is -14.8. The van der Waals surface area contributed by atoms with E-state index in [1.165, 1.54) is 21.8 Å². The van der Waals surface area contributed by atoms with Crippen molar-refractivity contribution in [3.05, 3.63) is 74.9 Å². The predicted molar refractivity (Wildman–Crippen MR) is 176 cm³/mol. The third kappa shape index (κ3) is 21.6. The van der Waals surface area contributed by atoms with E-state index in [-0.39, 0.29) is 25.7 Å². The third-order valence-electron chi connectivity index (χ3n) is 4.71. The first-order valence-corrected chi connectivity index (χ1v) is 19.4. The van der Waals surface area contributed by atoms with Gasteiger partial charge in [-0.3, -0.25) is 9.13 Å². The minimum atomic E-state index is -6.09. The minimum absolute atomic E-state index is 0. The molecule has 0 fully saturated rings. The van der Waals surface area contributed by atoms with Crippen LogP contribution in [-0.2, 0) is 43.2 Å². The summed E-state index contributed by atoms with van der Waals surface area (Å²) in [6.07, 6.45) is 20.8. The number of sulfone groups is 1. The first-order valence-electron chi connectivity index (χ1n) is 13.5. The second kappa shape index (κ2) is 23.0. The monoisotopic (exact) mass is 933 g/mol. The van der Waals surface area contributed by atoms with E-state index in [4.69, 9.17) is 27.3 Å². The van der Waals surface area contributed by atoms with Gasteiger partial charge in [0.2, 0.25) is 9.84 Å². The number of carbonyl (C=O) groups excluding carboxylic acids is 2. The number of hydrogen-bond donors (Lipinski definition) is 0. The number of nitrogens with zero attached hydrogens (tertiary/aromatic N) is 8. The van der Waals surface area contributed by atoms with Crippen molar-refractivity contribution in [3.63, 3.8) is 0 Å². The fraction of sp³-hybridized carbons (Fsp3) is 0.417. The molecule has 0 spiro atoms. The van der Waals surface area contributed by atoms with Crippen LogP contribution in [0.1, 0.15) is 22.6 Å². The zero-order chi connectivity index (χ0) is 41.1. The Morgan fingerprint density at radius 2 is 1.00 bits per heavy atom. The lowest BCUT2D eigenvalue weighted by Crippen LogP contribution is -2.31. The highest BCUT2D eigenvalue weighted by molar-refractivity contribution is 14.1. The molecule has 298 valence electrons. The molecule has 0 saturated carbocycles. The summed E-state index contributed by atoms with van der Waals surface area (Å²) in [4.78, 5) is 31.4. The van der Waals surface area contributed by atoms with Crippen LogP contribution in [0.4, 0.5) is 35.9 Å². The van der Waals surface area contributed by atoms with E-state index in [2.05, 4.69) is 9.97 Å². The van der Waals surface area contributed by atoms with E-state index in [0.29, 0.717) is 11.2 Å². The van der Waals surface area contributed by atoms with Crippen LogP contribution in [0.5, 0.6) is 0 Å². The smallest absolute Gasteiger partial charge is 0.513 e. The Balaban J connectivity index is -0.000000605. The van der Waals surface area contributed by atoms with E-state index in [1.807, 2.05) is 58.0 Å². The highest BCUT2D eigenvalue weighted by Gasteiger charge is 2.41. The van der Waals surface area contributed by atoms with Gasteiger partial charge in [-0.2, -0.15) is 31.1 Å². The topological polar surface area (TPSA) is 236 Å². The molecule has 28 heteroatoms. The summed E-state index contributed by atoms with van der Waals surface area (Å²) in [5, 5.41) is 0. The van der Waals surface area contributed by atoms with E-state index in [0.717, 1.165) is 13.1 Å². The maximum atomic E-state index is 12.0. The molecule has 52 heavy (non-hydrogen) atoms. The molecular formula is C24H35F6IN8O10S3. The number of alkyl halides is 7. The van der Waals surface area contributed by atoms with Crippen molar-refractivity contribution >= 4 is 64.7 Å². The molecule has 4 rings (SSSR count). The van der Waals surface area contributed by atoms with Gasteiger partial charge in [-0.15, -0.1) is 9.13 Å². The van der Waals surface area contributed by atoms with Gasteiger partial charge in [0.15, 0.2) is 10.1 Å². The fourth-order valence-corrected chi connectivity index (χ4v) is 2.40. The second-order valence-corrected chi connectivity index (χ2v) is 13.4. The summed E-state index contributed by atoms with van der Waals surface area (Å²) in [6, 6.07) is -0.260. The number of hydrogen-bond acceptors (Lipinski definition) is 12. The molecule has 0 aliphatic carbocycles. The number of aromatic nitrogens is 8. The average molecular weight is 934 g/mol. The molecule has 0 saturated heterocycles. The normalized spacial score (nSPS) is 11.4. The summed E-state index contributed by atoms with van der Waals surface area (Å²) < 4.78 is 154. The van der Waals surface area contributed by atoms with Gasteiger partial charge in [0.25, 0.3) is 12.7 Å². The Morgan fingerprint density at radius 3 is 1.17 bits per heavy atom. The summed E-state index contributed by atoms with van der Waals surface area (Å²) in [5.74, 6) is 0. The van der Waals surface area contributed by atoms with Crippen LogP contribution in [0, 0.1) is 0 Å². The molecule has 0 aromatic carbocycles. The van der Waals surface area contributed by atoms with Gasteiger partial charge < -0.3 is 9.11 Å². The molecule has 4 heterocycles. The van der Waals surface area contributed by atoms with E-state index in [9.17, 15) is 44.3 Å². The van der Waals surface area contributed by atoms with Crippen LogP contribution < -0.4 is 9.13 Å². The molecule has 0 N–H and O–H groups in total. The Kier molecular flexibility index (Phi) is 22.3. The zero-order valence-electron chi connectivity index (χ0n) is 27.6. The predicted octanol–water partition coefficient (Wildman–Crippen LogP) is 2.47. The third-order valence-corrected chi connectivity index (χ3v) is 6.12. The number of halogens is 7. The molecule has 0 radical (unpaired) electrons. The number of rotatable bonds is 2. The SMILES string of the molecule is C.CC[n+]1ccn(C(=O)n2cc[n+](CC)c2)c1.CS(=O)(=O)C(F)(F)F.CS(=O)(=O)[O-].O=C(n1ccnc1)n1ccnc1.O=S(=O)([O-])C(F)(F)F.[2H]CI. The average Bonchev–Trinajstić information content (AvgIpc) is 3.82. The van der Waals surface area contributed by atoms with Gasteiger partial charge in [0, 0.05) is 38.7 Å². The molecule has 0 unspecified atom stereocenters. The zero-order valence-corrected chi connectivity index (χ0v) is 31.2. The van der Waals surface area contributed by atoms with Crippen LogP contribution in [0.2, 0.25) is 0 Å². The lowest BCUT2D eigenvalue weighted by atomic mass is 10.7. The Morgan fingerprint density at radius 1 is 0.731 bits per heavy atom. The molecule has 0 amide bonds. The molecular weight excluding hydrogens is 897 g/mol. The molecule has 0 aliphatic heterocycles. The summed E-state index contributed by atoms with van der Waals surface area (Å²) in [5.41, 5.74) is -10.7. The van der Waals surface area contributed by atoms with Gasteiger partial charge in [0.1, 0.15) is 37.4 Å². The first-order chi connectivity index (χ1) is 23.5. The van der Waals surface area contributed by atoms with E-state index >= 15 is 0 Å². The van der Waals surface area contributed by atoms with Crippen molar-refractivity contribution in [1.82, 2.24) is 28.2 Å². The van der Waals surface area contributed by atoms with Gasteiger partial charge in [-0.05, 0) is 18.8 Å². The van der Waals surface area contributed by atoms with Gasteiger partial charge in [-0.25, -0.2) is 49.2 Å². The van der Waals surface area contributed by atoms with Crippen molar-refractivity contribution in [1.29, 1.82) is 0 Å². The van der Waals surface area contributed by atoms with Crippen LogP contribution in [0.25, 0.3) is 0 Å². The quantitative estimate of drug-likeness (QED) is 0.0704. The molecule has 0 bridgehead atoms. The minimum Gasteiger partial charge on any atom is -0.748 e. The lowest BCUT2D eigenvalue weighted by Gasteiger charge is -2.08. The van der Waals surface area contributed by atoms with Gasteiger partial charge in [0.05, 0.1) is 23.2 Å². The maximum absolute atomic E-state index is 12.0. The number of carbonyl (C=O) groups is 2. The van der Waals surface area contributed by atoms with Crippen LogP contribution >= 0.6 is 22.6 Å². The Hall–Kier alpha value is -3.74. The Labute approximate surface area is 310 Å². The van der Waals surface area contributed by atoms with E-state index in [1.54, 1.807) is 59.0 Å². The van der Waals surface area contributed by atoms with Crippen molar-refractivity contribution in [2.45, 2.75) is 45.4 Å².